The summed E-state index contributed by atoms with van der Waals surface area (Å²) >= 11 is 0. The number of rotatable bonds is 4. The summed E-state index contributed by atoms with van der Waals surface area (Å²) in [7, 11) is 1.40. The van der Waals surface area contributed by atoms with Gasteiger partial charge in [-0.3, -0.25) is 14.6 Å². The molecule has 0 atom stereocenters. The molecule has 1 aromatic heterocycles. The van der Waals surface area contributed by atoms with E-state index in [0.717, 1.165) is 32.1 Å². The average molecular weight is 276 g/mol. The Balaban J connectivity index is 2.02. The van der Waals surface area contributed by atoms with Gasteiger partial charge < -0.3 is 10.1 Å². The van der Waals surface area contributed by atoms with Crippen molar-refractivity contribution < 1.29 is 14.3 Å². The molecule has 0 aliphatic heterocycles. The van der Waals surface area contributed by atoms with Crippen molar-refractivity contribution in [1.29, 1.82) is 0 Å². The van der Waals surface area contributed by atoms with Crippen LogP contribution in [0.3, 0.4) is 0 Å². The zero-order chi connectivity index (χ0) is 14.4. The number of hydrogen-bond donors (Lipinski definition) is 1. The quantitative estimate of drug-likeness (QED) is 0.853. The van der Waals surface area contributed by atoms with Gasteiger partial charge in [-0.25, -0.2) is 0 Å². The summed E-state index contributed by atoms with van der Waals surface area (Å²) in [6.07, 6.45) is 6.23. The number of carbonyl (C=O) groups is 2. The van der Waals surface area contributed by atoms with E-state index in [1.165, 1.54) is 7.11 Å². The summed E-state index contributed by atoms with van der Waals surface area (Å²) < 4.78 is 4.93. The lowest BCUT2D eigenvalue weighted by atomic mass is 9.74. The molecule has 0 unspecified atom stereocenters. The summed E-state index contributed by atoms with van der Waals surface area (Å²) in [6.45, 7) is 0.315. The van der Waals surface area contributed by atoms with Gasteiger partial charge in [0.05, 0.1) is 12.5 Å². The third-order valence-electron chi connectivity index (χ3n) is 3.91. The predicted octanol–water partition coefficient (Wildman–Crippen LogP) is 1.93. The lowest BCUT2D eigenvalue weighted by Crippen LogP contribution is -2.45. The van der Waals surface area contributed by atoms with Gasteiger partial charge in [-0.05, 0) is 25.0 Å². The Morgan fingerprint density at radius 1 is 1.30 bits per heavy atom. The van der Waals surface area contributed by atoms with Crippen LogP contribution in [0.2, 0.25) is 0 Å². The molecular formula is C15H20N2O3. The molecular weight excluding hydrogens is 256 g/mol. The van der Waals surface area contributed by atoms with Crippen LogP contribution in [0.5, 0.6) is 0 Å². The predicted molar refractivity (Wildman–Crippen MR) is 74.1 cm³/mol. The largest absolute Gasteiger partial charge is 0.469 e. The minimum Gasteiger partial charge on any atom is -0.469 e. The molecule has 5 heteroatoms. The van der Waals surface area contributed by atoms with Crippen LogP contribution < -0.4 is 5.32 Å². The van der Waals surface area contributed by atoms with Crippen LogP contribution in [0.15, 0.2) is 24.4 Å². The number of hydrogen-bond acceptors (Lipinski definition) is 4. The van der Waals surface area contributed by atoms with Gasteiger partial charge in [0, 0.05) is 12.7 Å². The second-order valence-electron chi connectivity index (χ2n) is 5.23. The van der Waals surface area contributed by atoms with Crippen LogP contribution >= 0.6 is 0 Å². The average Bonchev–Trinajstić information content (AvgIpc) is 2.53. The van der Waals surface area contributed by atoms with Gasteiger partial charge in [0.1, 0.15) is 5.69 Å². The summed E-state index contributed by atoms with van der Waals surface area (Å²) in [5.74, 6) is -0.474. The lowest BCUT2D eigenvalue weighted by molar-refractivity contribution is -0.154. The zero-order valence-corrected chi connectivity index (χ0v) is 11.7. The summed E-state index contributed by atoms with van der Waals surface area (Å²) in [5, 5.41) is 2.82. The molecule has 1 saturated carbocycles. The van der Waals surface area contributed by atoms with E-state index < -0.39 is 5.41 Å². The first-order valence-corrected chi connectivity index (χ1v) is 6.96. The summed E-state index contributed by atoms with van der Waals surface area (Å²) in [5.41, 5.74) is -0.208. The third-order valence-corrected chi connectivity index (χ3v) is 3.91. The van der Waals surface area contributed by atoms with E-state index >= 15 is 0 Å². The molecule has 0 radical (unpaired) electrons. The smallest absolute Gasteiger partial charge is 0.313 e. The molecule has 1 fully saturated rings. The van der Waals surface area contributed by atoms with E-state index in [4.69, 9.17) is 4.74 Å². The highest BCUT2D eigenvalue weighted by molar-refractivity contribution is 5.92. The van der Waals surface area contributed by atoms with Crippen LogP contribution in [-0.2, 0) is 9.53 Å². The van der Waals surface area contributed by atoms with Crippen molar-refractivity contribution in [2.24, 2.45) is 5.41 Å². The summed E-state index contributed by atoms with van der Waals surface area (Å²) in [6, 6.07) is 5.17. The first kappa shape index (κ1) is 14.5. The molecule has 0 aromatic carbocycles. The molecule has 1 aliphatic carbocycles. The number of carbonyl (C=O) groups excluding carboxylic acids is 2. The minimum atomic E-state index is -0.572. The Morgan fingerprint density at radius 3 is 2.65 bits per heavy atom. The van der Waals surface area contributed by atoms with Crippen LogP contribution in [0, 0.1) is 5.41 Å². The van der Waals surface area contributed by atoms with Crippen LogP contribution in [-0.4, -0.2) is 30.5 Å². The molecule has 0 saturated heterocycles. The van der Waals surface area contributed by atoms with Crippen molar-refractivity contribution in [1.82, 2.24) is 10.3 Å². The number of nitrogens with one attached hydrogen (secondary N) is 1. The fraction of sp³-hybridized carbons (Fsp3) is 0.533. The van der Waals surface area contributed by atoms with Crippen molar-refractivity contribution in [3.63, 3.8) is 0 Å². The Kier molecular flexibility index (Phi) is 4.71. The number of pyridine rings is 1. The van der Waals surface area contributed by atoms with Gasteiger partial charge >= 0.3 is 5.97 Å². The van der Waals surface area contributed by atoms with E-state index in [1.807, 2.05) is 0 Å². The van der Waals surface area contributed by atoms with Crippen molar-refractivity contribution in [2.45, 2.75) is 32.1 Å². The van der Waals surface area contributed by atoms with E-state index in [9.17, 15) is 9.59 Å². The Morgan fingerprint density at radius 2 is 2.05 bits per heavy atom. The number of amides is 1. The van der Waals surface area contributed by atoms with Crippen LogP contribution in [0.1, 0.15) is 42.6 Å². The SMILES string of the molecule is COC(=O)C1(CNC(=O)c2ccccn2)CCCCC1. The van der Waals surface area contributed by atoms with Gasteiger partial charge in [-0.1, -0.05) is 25.3 Å². The Bertz CT molecular complexity index is 467. The van der Waals surface area contributed by atoms with Crippen molar-refractivity contribution in [3.05, 3.63) is 30.1 Å². The number of nitrogens with zero attached hydrogens (tertiary/aromatic N) is 1. The Hall–Kier alpha value is -1.91. The maximum Gasteiger partial charge on any atom is 0.313 e. The number of esters is 1. The van der Waals surface area contributed by atoms with Crippen LogP contribution in [0.25, 0.3) is 0 Å². The van der Waals surface area contributed by atoms with Gasteiger partial charge in [0.15, 0.2) is 0 Å². The molecule has 1 aliphatic rings. The standard InChI is InChI=1S/C15H20N2O3/c1-20-14(19)15(8-4-2-5-9-15)11-17-13(18)12-7-3-6-10-16-12/h3,6-7,10H,2,4-5,8-9,11H2,1H3,(H,17,18). The molecule has 0 spiro atoms. The molecule has 1 amide bonds. The minimum absolute atomic E-state index is 0.224. The maximum absolute atomic E-state index is 12.0. The van der Waals surface area contributed by atoms with Crippen LogP contribution in [0.4, 0.5) is 0 Å². The molecule has 1 aromatic rings. The van der Waals surface area contributed by atoms with Gasteiger partial charge in [-0.15, -0.1) is 0 Å². The third kappa shape index (κ3) is 3.15. The molecule has 2 rings (SSSR count). The fourth-order valence-corrected chi connectivity index (χ4v) is 2.74. The topological polar surface area (TPSA) is 68.3 Å². The molecule has 20 heavy (non-hydrogen) atoms. The number of ether oxygens (including phenoxy) is 1. The molecule has 1 heterocycles. The number of aromatic nitrogens is 1. The normalized spacial score (nSPS) is 17.2. The van der Waals surface area contributed by atoms with Gasteiger partial charge in [0.25, 0.3) is 5.91 Å². The first-order chi connectivity index (χ1) is 9.68. The monoisotopic (exact) mass is 276 g/mol. The molecule has 0 bridgehead atoms. The van der Waals surface area contributed by atoms with E-state index in [-0.39, 0.29) is 11.9 Å². The van der Waals surface area contributed by atoms with E-state index in [2.05, 4.69) is 10.3 Å². The van der Waals surface area contributed by atoms with Crippen molar-refractivity contribution in [3.8, 4) is 0 Å². The zero-order valence-electron chi connectivity index (χ0n) is 11.7. The highest BCUT2D eigenvalue weighted by Gasteiger charge is 2.40. The van der Waals surface area contributed by atoms with Gasteiger partial charge in [0.2, 0.25) is 0 Å². The molecule has 1 N–H and O–H groups in total. The first-order valence-electron chi connectivity index (χ1n) is 6.96. The molecule has 108 valence electrons. The second-order valence-corrected chi connectivity index (χ2v) is 5.23. The highest BCUT2D eigenvalue weighted by Crippen LogP contribution is 2.36. The molecule has 5 nitrogen and oxygen atoms in total. The Labute approximate surface area is 118 Å². The summed E-state index contributed by atoms with van der Waals surface area (Å²) in [4.78, 5) is 28.1. The van der Waals surface area contributed by atoms with Crippen molar-refractivity contribution in [2.75, 3.05) is 13.7 Å². The van der Waals surface area contributed by atoms with Gasteiger partial charge in [-0.2, -0.15) is 0 Å². The van der Waals surface area contributed by atoms with E-state index in [1.54, 1.807) is 24.4 Å². The maximum atomic E-state index is 12.0. The second kappa shape index (κ2) is 6.50. The van der Waals surface area contributed by atoms with E-state index in [0.29, 0.717) is 12.2 Å². The highest BCUT2D eigenvalue weighted by atomic mass is 16.5. The van der Waals surface area contributed by atoms with Crippen molar-refractivity contribution >= 4 is 11.9 Å². The fourth-order valence-electron chi connectivity index (χ4n) is 2.74. The lowest BCUT2D eigenvalue weighted by Gasteiger charge is -2.34. The number of methoxy groups -OCH3 is 1.